The highest BCUT2D eigenvalue weighted by molar-refractivity contribution is 5.96. The van der Waals surface area contributed by atoms with Gasteiger partial charge in [-0.05, 0) is 32.2 Å². The minimum Gasteiger partial charge on any atom is -0.379 e. The van der Waals surface area contributed by atoms with E-state index >= 15 is 0 Å². The van der Waals surface area contributed by atoms with Gasteiger partial charge in [-0.15, -0.1) is 0 Å². The molecule has 0 saturated carbocycles. The fourth-order valence-corrected chi connectivity index (χ4v) is 2.35. The lowest BCUT2D eigenvalue weighted by Crippen LogP contribution is -2.61. The van der Waals surface area contributed by atoms with E-state index in [1.807, 2.05) is 13.8 Å². The normalized spacial score (nSPS) is 24.3. The first-order valence-corrected chi connectivity index (χ1v) is 7.58. The maximum absolute atomic E-state index is 12.9. The molecule has 1 heterocycles. The lowest BCUT2D eigenvalue weighted by Gasteiger charge is -2.42. The Balaban J connectivity index is 2.61. The molecular weight excluding hydrogens is 315 g/mol. The van der Waals surface area contributed by atoms with Gasteiger partial charge in [0.2, 0.25) is 5.91 Å². The first kappa shape index (κ1) is 19.7. The van der Waals surface area contributed by atoms with Gasteiger partial charge in [0.15, 0.2) is 5.60 Å². The molecule has 1 fully saturated rings. The number of β-amino-alcohol motifs (C(OH)–C–C–N with tert-alkyl or cyclic N) is 1. The van der Waals surface area contributed by atoms with E-state index in [-0.39, 0.29) is 18.9 Å². The molecule has 9 heteroatoms. The summed E-state index contributed by atoms with van der Waals surface area (Å²) >= 11 is 0. The number of rotatable bonds is 4. The van der Waals surface area contributed by atoms with Crippen molar-refractivity contribution in [1.82, 2.24) is 15.5 Å². The van der Waals surface area contributed by atoms with Gasteiger partial charge in [-0.1, -0.05) is 13.8 Å². The maximum Gasteiger partial charge on any atom is 0.418 e. The van der Waals surface area contributed by atoms with E-state index in [2.05, 4.69) is 10.6 Å². The molecule has 0 spiro atoms. The summed E-state index contributed by atoms with van der Waals surface area (Å²) < 4.78 is 38.7. The number of amides is 3. The second kappa shape index (κ2) is 7.48. The summed E-state index contributed by atoms with van der Waals surface area (Å²) in [6, 6.07) is -1.63. The lowest BCUT2D eigenvalue weighted by molar-refractivity contribution is -0.275. The Bertz CT molecular complexity index is 443. The fourth-order valence-electron chi connectivity index (χ4n) is 2.35. The molecule has 3 N–H and O–H groups in total. The number of aliphatic hydroxyl groups is 1. The highest BCUT2D eigenvalue weighted by Gasteiger charge is 2.55. The van der Waals surface area contributed by atoms with Crippen LogP contribution in [0.2, 0.25) is 0 Å². The molecule has 0 radical (unpaired) electrons. The number of likely N-dealkylation sites (tertiary alicyclic amines) is 1. The molecule has 0 aliphatic carbocycles. The monoisotopic (exact) mass is 339 g/mol. The van der Waals surface area contributed by atoms with Crippen molar-refractivity contribution in [3.05, 3.63) is 0 Å². The number of hydrogen-bond donors (Lipinski definition) is 3. The molecule has 2 atom stereocenters. The molecule has 1 rings (SSSR count). The SMILES string of the molecule is CC(C)CNC(=O)NC(=O)[C@H](C)N1CCC[C@](O)(C(F)(F)F)C1. The van der Waals surface area contributed by atoms with Crippen molar-refractivity contribution in [3.8, 4) is 0 Å². The van der Waals surface area contributed by atoms with Gasteiger partial charge < -0.3 is 10.4 Å². The van der Waals surface area contributed by atoms with Gasteiger partial charge in [0, 0.05) is 13.1 Å². The third kappa shape index (κ3) is 5.35. The van der Waals surface area contributed by atoms with Crippen molar-refractivity contribution in [1.29, 1.82) is 0 Å². The van der Waals surface area contributed by atoms with Crippen molar-refractivity contribution >= 4 is 11.9 Å². The summed E-state index contributed by atoms with van der Waals surface area (Å²) in [6.07, 6.45) is -5.03. The van der Waals surface area contributed by atoms with Crippen molar-refractivity contribution in [2.45, 2.75) is 51.4 Å². The van der Waals surface area contributed by atoms with Crippen LogP contribution in [0.5, 0.6) is 0 Å². The van der Waals surface area contributed by atoms with Gasteiger partial charge in [0.05, 0.1) is 6.04 Å². The van der Waals surface area contributed by atoms with Crippen LogP contribution >= 0.6 is 0 Å². The number of carbonyl (C=O) groups is 2. The molecule has 0 aromatic rings. The van der Waals surface area contributed by atoms with Crippen molar-refractivity contribution < 1.29 is 27.9 Å². The van der Waals surface area contributed by atoms with Gasteiger partial charge >= 0.3 is 12.2 Å². The molecule has 23 heavy (non-hydrogen) atoms. The van der Waals surface area contributed by atoms with Gasteiger partial charge in [0.25, 0.3) is 0 Å². The Morgan fingerprint density at radius 2 is 1.91 bits per heavy atom. The number of alkyl halides is 3. The molecule has 0 unspecified atom stereocenters. The van der Waals surface area contributed by atoms with Crippen LogP contribution in [-0.2, 0) is 4.79 Å². The van der Waals surface area contributed by atoms with E-state index in [0.29, 0.717) is 6.54 Å². The van der Waals surface area contributed by atoms with E-state index in [9.17, 15) is 27.9 Å². The van der Waals surface area contributed by atoms with Gasteiger partial charge in [-0.3, -0.25) is 15.0 Å². The predicted octanol–water partition coefficient (Wildman–Crippen LogP) is 1.25. The Kier molecular flexibility index (Phi) is 6.41. The number of nitrogens with zero attached hydrogens (tertiary/aromatic N) is 1. The van der Waals surface area contributed by atoms with E-state index in [1.54, 1.807) is 0 Å². The Hall–Kier alpha value is -1.35. The minimum absolute atomic E-state index is 0.118. The zero-order chi connectivity index (χ0) is 17.8. The predicted molar refractivity (Wildman–Crippen MR) is 77.7 cm³/mol. The molecule has 3 amide bonds. The first-order chi connectivity index (χ1) is 10.5. The molecule has 0 aromatic heterocycles. The maximum atomic E-state index is 12.9. The van der Waals surface area contributed by atoms with Crippen molar-refractivity contribution in [2.24, 2.45) is 5.92 Å². The highest BCUT2D eigenvalue weighted by atomic mass is 19.4. The third-order valence-corrected chi connectivity index (χ3v) is 3.86. The minimum atomic E-state index is -4.75. The van der Waals surface area contributed by atoms with Crippen LogP contribution in [0.1, 0.15) is 33.6 Å². The number of halogens is 3. The van der Waals surface area contributed by atoms with Gasteiger partial charge in [-0.25, -0.2) is 4.79 Å². The number of nitrogens with one attached hydrogen (secondary N) is 2. The number of hydrogen-bond acceptors (Lipinski definition) is 4. The fraction of sp³-hybridized carbons (Fsp3) is 0.857. The largest absolute Gasteiger partial charge is 0.418 e. The first-order valence-electron chi connectivity index (χ1n) is 7.58. The van der Waals surface area contributed by atoms with E-state index in [1.165, 1.54) is 11.8 Å². The smallest absolute Gasteiger partial charge is 0.379 e. The molecule has 0 aromatic carbocycles. The lowest BCUT2D eigenvalue weighted by atomic mass is 9.91. The second-order valence-corrected chi connectivity index (χ2v) is 6.37. The van der Waals surface area contributed by atoms with E-state index in [4.69, 9.17) is 0 Å². The summed E-state index contributed by atoms with van der Waals surface area (Å²) in [7, 11) is 0. The second-order valence-electron chi connectivity index (χ2n) is 6.37. The average Bonchev–Trinajstić information content (AvgIpc) is 2.43. The van der Waals surface area contributed by atoms with Crippen LogP contribution in [0.15, 0.2) is 0 Å². The van der Waals surface area contributed by atoms with Gasteiger partial charge in [0.1, 0.15) is 0 Å². The van der Waals surface area contributed by atoms with Crippen LogP contribution in [0, 0.1) is 5.92 Å². The molecule has 0 bridgehead atoms. The zero-order valence-electron chi connectivity index (χ0n) is 13.5. The van der Waals surface area contributed by atoms with Crippen LogP contribution in [0.25, 0.3) is 0 Å². The topological polar surface area (TPSA) is 81.7 Å². The Morgan fingerprint density at radius 3 is 2.43 bits per heavy atom. The standard InChI is InChI=1S/C14H24F3N3O3/c1-9(2)7-18-12(22)19-11(21)10(3)20-6-4-5-13(23,8-20)14(15,16)17/h9-10,23H,4-8H2,1-3H3,(H2,18,19,21,22)/t10-,13+/m0/s1. The van der Waals surface area contributed by atoms with E-state index < -0.39 is 42.7 Å². The quantitative estimate of drug-likeness (QED) is 0.720. The van der Waals surface area contributed by atoms with Crippen molar-refractivity contribution in [2.75, 3.05) is 19.6 Å². The van der Waals surface area contributed by atoms with E-state index in [0.717, 1.165) is 0 Å². The zero-order valence-corrected chi connectivity index (χ0v) is 13.5. The third-order valence-electron chi connectivity index (χ3n) is 3.86. The number of imide groups is 1. The molecule has 1 aliphatic heterocycles. The summed E-state index contributed by atoms with van der Waals surface area (Å²) in [6.45, 7) is 5.13. The van der Waals surface area contributed by atoms with Crippen LogP contribution < -0.4 is 10.6 Å². The van der Waals surface area contributed by atoms with Gasteiger partial charge in [-0.2, -0.15) is 13.2 Å². The number of piperidine rings is 1. The summed E-state index contributed by atoms with van der Waals surface area (Å²) in [5.74, 6) is -0.491. The Morgan fingerprint density at radius 1 is 1.30 bits per heavy atom. The van der Waals surface area contributed by atoms with Crippen LogP contribution in [0.3, 0.4) is 0 Å². The molecule has 6 nitrogen and oxygen atoms in total. The number of urea groups is 1. The molecular formula is C14H24F3N3O3. The number of carbonyl (C=O) groups excluding carboxylic acids is 2. The summed E-state index contributed by atoms with van der Waals surface area (Å²) in [5, 5.41) is 14.4. The summed E-state index contributed by atoms with van der Waals surface area (Å²) in [5.41, 5.74) is -2.82. The molecule has 1 aliphatic rings. The summed E-state index contributed by atoms with van der Waals surface area (Å²) in [4.78, 5) is 24.8. The van der Waals surface area contributed by atoms with Crippen LogP contribution in [0.4, 0.5) is 18.0 Å². The van der Waals surface area contributed by atoms with Crippen LogP contribution in [-0.4, -0.2) is 59.4 Å². The highest BCUT2D eigenvalue weighted by Crippen LogP contribution is 2.37. The average molecular weight is 339 g/mol. The molecule has 1 saturated heterocycles. The van der Waals surface area contributed by atoms with Crippen molar-refractivity contribution in [3.63, 3.8) is 0 Å². The Labute approximate surface area is 133 Å². The molecule has 134 valence electrons.